The van der Waals surface area contributed by atoms with E-state index in [1.807, 2.05) is 0 Å². The van der Waals surface area contributed by atoms with Crippen molar-refractivity contribution in [3.05, 3.63) is 24.3 Å². The molecule has 0 unspecified atom stereocenters. The summed E-state index contributed by atoms with van der Waals surface area (Å²) in [7, 11) is 1.64. The fourth-order valence-corrected chi connectivity index (χ4v) is 0.707. The summed E-state index contributed by atoms with van der Waals surface area (Å²) in [6.07, 6.45) is 4.28. The maximum absolute atomic E-state index is 11.3. The second kappa shape index (κ2) is 5.07. The lowest BCUT2D eigenvalue weighted by molar-refractivity contribution is 0.0938. The first kappa shape index (κ1) is 10.3. The fraction of sp³-hybridized carbons (Fsp3) is 0.143. The number of rotatable bonds is 1. The molecule has 1 amide bonds. The number of amides is 1. The number of thiocarbonyl (C=S) groups is 1. The van der Waals surface area contributed by atoms with E-state index in [1.165, 1.54) is 18.6 Å². The van der Waals surface area contributed by atoms with Crippen LogP contribution in [0, 0.1) is 0 Å². The van der Waals surface area contributed by atoms with Crippen molar-refractivity contribution in [1.82, 2.24) is 26.1 Å². The van der Waals surface area contributed by atoms with Crippen LogP contribution >= 0.6 is 12.2 Å². The molecule has 0 aliphatic carbocycles. The molecule has 1 aromatic rings. The topological polar surface area (TPSA) is 78.9 Å². The van der Waals surface area contributed by atoms with Gasteiger partial charge in [0.2, 0.25) is 0 Å². The van der Waals surface area contributed by atoms with Crippen molar-refractivity contribution < 1.29 is 4.79 Å². The lowest BCUT2D eigenvalue weighted by Crippen LogP contribution is -2.45. The number of hydrogen-bond acceptors (Lipinski definition) is 4. The minimum Gasteiger partial charge on any atom is -0.364 e. The van der Waals surface area contributed by atoms with Gasteiger partial charge < -0.3 is 5.32 Å². The highest BCUT2D eigenvalue weighted by atomic mass is 32.1. The third kappa shape index (κ3) is 2.94. The Kier molecular flexibility index (Phi) is 3.74. The predicted octanol–water partition coefficient (Wildman–Crippen LogP) is -0.785. The summed E-state index contributed by atoms with van der Waals surface area (Å²) < 4.78 is 0. The summed E-state index contributed by atoms with van der Waals surface area (Å²) in [6, 6.07) is 0. The average Bonchev–Trinajstić information content (AvgIpc) is 2.26. The van der Waals surface area contributed by atoms with Gasteiger partial charge in [0.05, 0.1) is 6.20 Å². The van der Waals surface area contributed by atoms with Crippen molar-refractivity contribution in [1.29, 1.82) is 0 Å². The van der Waals surface area contributed by atoms with E-state index in [1.54, 1.807) is 7.05 Å². The Balaban J connectivity index is 2.48. The highest BCUT2D eigenvalue weighted by molar-refractivity contribution is 7.80. The Labute approximate surface area is 86.1 Å². The highest BCUT2D eigenvalue weighted by Crippen LogP contribution is 1.87. The number of carbonyl (C=O) groups is 1. The number of nitrogens with zero attached hydrogens (tertiary/aromatic N) is 2. The normalized spacial score (nSPS) is 8.93. The molecule has 1 rings (SSSR count). The molecular weight excluding hydrogens is 202 g/mol. The van der Waals surface area contributed by atoms with Crippen LogP contribution in [0.2, 0.25) is 0 Å². The fourth-order valence-electron chi connectivity index (χ4n) is 0.656. The van der Waals surface area contributed by atoms with Gasteiger partial charge in [-0.1, -0.05) is 0 Å². The number of hydrazine groups is 1. The van der Waals surface area contributed by atoms with Crippen molar-refractivity contribution >= 4 is 23.2 Å². The van der Waals surface area contributed by atoms with Crippen molar-refractivity contribution in [3.63, 3.8) is 0 Å². The van der Waals surface area contributed by atoms with Gasteiger partial charge >= 0.3 is 0 Å². The number of nitrogens with one attached hydrogen (secondary N) is 3. The van der Waals surface area contributed by atoms with Crippen molar-refractivity contribution in [2.45, 2.75) is 0 Å². The molecule has 14 heavy (non-hydrogen) atoms. The first-order valence-electron chi connectivity index (χ1n) is 3.78. The van der Waals surface area contributed by atoms with Gasteiger partial charge in [0.1, 0.15) is 5.69 Å². The molecule has 0 radical (unpaired) electrons. The van der Waals surface area contributed by atoms with E-state index >= 15 is 0 Å². The third-order valence-corrected chi connectivity index (χ3v) is 1.62. The van der Waals surface area contributed by atoms with Crippen LogP contribution < -0.4 is 16.2 Å². The van der Waals surface area contributed by atoms with E-state index < -0.39 is 5.91 Å². The van der Waals surface area contributed by atoms with E-state index in [-0.39, 0.29) is 5.69 Å². The van der Waals surface area contributed by atoms with Crippen LogP contribution in [0.15, 0.2) is 18.6 Å². The van der Waals surface area contributed by atoms with Gasteiger partial charge in [-0.3, -0.25) is 20.6 Å². The maximum Gasteiger partial charge on any atom is 0.289 e. The van der Waals surface area contributed by atoms with Gasteiger partial charge in [0.25, 0.3) is 5.91 Å². The molecule has 74 valence electrons. The molecule has 0 spiro atoms. The van der Waals surface area contributed by atoms with E-state index in [0.717, 1.165) is 0 Å². The summed E-state index contributed by atoms with van der Waals surface area (Å²) in [4.78, 5) is 18.9. The van der Waals surface area contributed by atoms with Gasteiger partial charge in [-0.15, -0.1) is 0 Å². The third-order valence-electron chi connectivity index (χ3n) is 1.31. The molecule has 0 saturated carbocycles. The van der Waals surface area contributed by atoms with E-state index in [0.29, 0.717) is 5.11 Å². The van der Waals surface area contributed by atoms with Crippen LogP contribution in [0.3, 0.4) is 0 Å². The molecule has 0 atom stereocenters. The largest absolute Gasteiger partial charge is 0.364 e. The van der Waals surface area contributed by atoms with Gasteiger partial charge in [0.15, 0.2) is 5.11 Å². The first-order chi connectivity index (χ1) is 6.74. The lowest BCUT2D eigenvalue weighted by Gasteiger charge is -2.07. The molecule has 0 fully saturated rings. The second-order valence-electron chi connectivity index (χ2n) is 2.25. The summed E-state index contributed by atoms with van der Waals surface area (Å²) in [6.45, 7) is 0. The van der Waals surface area contributed by atoms with Crippen LogP contribution in [0.25, 0.3) is 0 Å². The van der Waals surface area contributed by atoms with Crippen molar-refractivity contribution in [2.24, 2.45) is 0 Å². The maximum atomic E-state index is 11.3. The average molecular weight is 211 g/mol. The van der Waals surface area contributed by atoms with Gasteiger partial charge in [-0.2, -0.15) is 0 Å². The molecule has 1 aromatic heterocycles. The van der Waals surface area contributed by atoms with E-state index in [2.05, 4.69) is 26.1 Å². The van der Waals surface area contributed by atoms with Crippen molar-refractivity contribution in [2.75, 3.05) is 7.05 Å². The minimum atomic E-state index is -0.393. The van der Waals surface area contributed by atoms with Gasteiger partial charge in [0, 0.05) is 19.4 Å². The monoisotopic (exact) mass is 211 g/mol. The van der Waals surface area contributed by atoms with Crippen LogP contribution in [0.1, 0.15) is 10.5 Å². The second-order valence-corrected chi connectivity index (χ2v) is 2.66. The van der Waals surface area contributed by atoms with Crippen LogP contribution in [0.4, 0.5) is 0 Å². The molecular formula is C7H9N5OS. The lowest BCUT2D eigenvalue weighted by atomic mass is 10.4. The molecule has 3 N–H and O–H groups in total. The van der Waals surface area contributed by atoms with E-state index in [9.17, 15) is 4.79 Å². The summed E-state index contributed by atoms with van der Waals surface area (Å²) >= 11 is 4.75. The smallest absolute Gasteiger partial charge is 0.289 e. The van der Waals surface area contributed by atoms with Gasteiger partial charge in [-0.25, -0.2) is 4.98 Å². The molecule has 6 nitrogen and oxygen atoms in total. The van der Waals surface area contributed by atoms with Crippen LogP contribution in [-0.4, -0.2) is 28.0 Å². The number of aromatic nitrogens is 2. The SMILES string of the molecule is CNC(=S)NNC(=O)c1cnccn1. The zero-order chi connectivity index (χ0) is 10.4. The Bertz CT molecular complexity index is 328. The Morgan fingerprint density at radius 1 is 1.43 bits per heavy atom. The summed E-state index contributed by atoms with van der Waals surface area (Å²) in [5, 5.41) is 2.96. The zero-order valence-electron chi connectivity index (χ0n) is 7.44. The van der Waals surface area contributed by atoms with Gasteiger partial charge in [-0.05, 0) is 12.2 Å². The minimum absolute atomic E-state index is 0.221. The molecule has 0 aromatic carbocycles. The Morgan fingerprint density at radius 3 is 2.79 bits per heavy atom. The Hall–Kier alpha value is -1.76. The quantitative estimate of drug-likeness (QED) is 0.417. The number of hydrogen-bond donors (Lipinski definition) is 3. The number of carbonyl (C=O) groups excluding carboxylic acids is 1. The van der Waals surface area contributed by atoms with Crippen LogP contribution in [0.5, 0.6) is 0 Å². The van der Waals surface area contributed by atoms with E-state index in [4.69, 9.17) is 12.2 Å². The standard InChI is InChI=1S/C7H9N5OS/c1-8-7(14)12-11-6(13)5-4-9-2-3-10-5/h2-4H,1H3,(H,11,13)(H2,8,12,14). The molecule has 7 heteroatoms. The molecule has 0 bridgehead atoms. The molecule has 0 saturated heterocycles. The molecule has 0 aliphatic rings. The zero-order valence-corrected chi connectivity index (χ0v) is 8.26. The molecule has 1 heterocycles. The Morgan fingerprint density at radius 2 is 2.21 bits per heavy atom. The molecule has 0 aliphatic heterocycles. The van der Waals surface area contributed by atoms with Crippen molar-refractivity contribution in [3.8, 4) is 0 Å². The predicted molar refractivity (Wildman–Crippen MR) is 54.3 cm³/mol. The summed E-state index contributed by atoms with van der Waals surface area (Å²) in [5.74, 6) is -0.393. The summed E-state index contributed by atoms with van der Waals surface area (Å²) in [5.41, 5.74) is 5.06. The first-order valence-corrected chi connectivity index (χ1v) is 4.19. The highest BCUT2D eigenvalue weighted by Gasteiger charge is 2.05. The van der Waals surface area contributed by atoms with Crippen LogP contribution in [-0.2, 0) is 0 Å².